The Bertz CT molecular complexity index is 761. The Balaban J connectivity index is 0.00000261. The van der Waals surface area contributed by atoms with Crippen LogP contribution in [0.15, 0.2) is 34.6 Å². The number of hydrogen-bond acceptors (Lipinski definition) is 4. The number of rotatable bonds is 3. The molecule has 27 heavy (non-hydrogen) atoms. The number of halogens is 2. The minimum absolute atomic E-state index is 0. The summed E-state index contributed by atoms with van der Waals surface area (Å²) in [7, 11) is 0. The highest BCUT2D eigenvalue weighted by Crippen LogP contribution is 2.25. The summed E-state index contributed by atoms with van der Waals surface area (Å²) in [6.07, 6.45) is 0. The Kier molecular flexibility index (Phi) is 7.44. The molecule has 8 heteroatoms. The lowest BCUT2D eigenvalue weighted by Crippen LogP contribution is -2.51. The van der Waals surface area contributed by atoms with Gasteiger partial charge in [-0.1, -0.05) is 20.8 Å². The smallest absolute Gasteiger partial charge is 0.191 e. The lowest BCUT2D eigenvalue weighted by atomic mass is 9.98. The fourth-order valence-electron chi connectivity index (χ4n) is 2.83. The van der Waals surface area contributed by atoms with Gasteiger partial charge in [0, 0.05) is 42.7 Å². The molecular formula is C19H27FIN5S. The van der Waals surface area contributed by atoms with Crippen LogP contribution < -0.4 is 10.6 Å². The second-order valence-corrected chi connectivity index (χ2v) is 8.38. The summed E-state index contributed by atoms with van der Waals surface area (Å²) >= 11 is 1.67. The third-order valence-corrected chi connectivity index (χ3v) is 5.71. The van der Waals surface area contributed by atoms with Crippen molar-refractivity contribution in [2.75, 3.05) is 31.1 Å². The second kappa shape index (κ2) is 9.18. The fourth-order valence-corrected chi connectivity index (χ4v) is 3.73. The topological polar surface area (TPSA) is 57.8 Å². The second-order valence-electron chi connectivity index (χ2n) is 7.52. The van der Waals surface area contributed by atoms with Crippen LogP contribution >= 0.6 is 35.3 Å². The molecule has 1 aliphatic heterocycles. The average molecular weight is 503 g/mol. The molecule has 0 spiro atoms. The molecule has 0 saturated carbocycles. The van der Waals surface area contributed by atoms with Crippen molar-refractivity contribution in [1.29, 1.82) is 0 Å². The Morgan fingerprint density at radius 1 is 1.19 bits per heavy atom. The van der Waals surface area contributed by atoms with Crippen LogP contribution in [0.4, 0.5) is 10.1 Å². The van der Waals surface area contributed by atoms with Crippen LogP contribution in [-0.4, -0.2) is 42.0 Å². The van der Waals surface area contributed by atoms with Crippen LogP contribution in [0.2, 0.25) is 0 Å². The lowest BCUT2D eigenvalue weighted by molar-refractivity contribution is 0.380. The van der Waals surface area contributed by atoms with Crippen molar-refractivity contribution < 1.29 is 4.39 Å². The summed E-state index contributed by atoms with van der Waals surface area (Å²) < 4.78 is 13.0. The number of benzene rings is 1. The number of aromatic nitrogens is 1. The summed E-state index contributed by atoms with van der Waals surface area (Å²) in [5.74, 6) is 0.356. The largest absolute Gasteiger partial charge is 0.370 e. The van der Waals surface area contributed by atoms with E-state index in [4.69, 9.17) is 5.73 Å². The number of aliphatic imine (C=N–C) groups is 1. The van der Waals surface area contributed by atoms with E-state index in [2.05, 4.69) is 45.9 Å². The average Bonchev–Trinajstić information content (AvgIpc) is 3.10. The van der Waals surface area contributed by atoms with E-state index in [1.807, 2.05) is 12.1 Å². The van der Waals surface area contributed by atoms with Gasteiger partial charge in [0.1, 0.15) is 5.82 Å². The van der Waals surface area contributed by atoms with E-state index in [1.165, 1.54) is 12.1 Å². The van der Waals surface area contributed by atoms with Crippen molar-refractivity contribution in [2.24, 2.45) is 10.7 Å². The molecule has 1 saturated heterocycles. The van der Waals surface area contributed by atoms with Gasteiger partial charge in [-0.05, 0) is 24.3 Å². The van der Waals surface area contributed by atoms with Crippen molar-refractivity contribution in [3.63, 3.8) is 0 Å². The molecule has 1 aromatic carbocycles. The first kappa shape index (κ1) is 21.9. The van der Waals surface area contributed by atoms with E-state index in [0.29, 0.717) is 12.5 Å². The third-order valence-electron chi connectivity index (χ3n) is 4.39. The number of nitrogens with two attached hydrogens (primary N) is 1. The molecular weight excluding hydrogens is 476 g/mol. The molecule has 1 aliphatic rings. The molecule has 0 bridgehead atoms. The van der Waals surface area contributed by atoms with Crippen LogP contribution in [0.25, 0.3) is 0 Å². The van der Waals surface area contributed by atoms with E-state index in [9.17, 15) is 4.39 Å². The van der Waals surface area contributed by atoms with Crippen LogP contribution in [0.3, 0.4) is 0 Å². The summed E-state index contributed by atoms with van der Waals surface area (Å²) in [6.45, 7) is 10.3. The van der Waals surface area contributed by atoms with E-state index < -0.39 is 0 Å². The highest BCUT2D eigenvalue weighted by molar-refractivity contribution is 14.0. The van der Waals surface area contributed by atoms with Crippen LogP contribution in [0.1, 0.15) is 31.5 Å². The lowest BCUT2D eigenvalue weighted by Gasteiger charge is -2.36. The maximum Gasteiger partial charge on any atom is 0.191 e. The van der Waals surface area contributed by atoms with Crippen molar-refractivity contribution in [3.05, 3.63) is 46.2 Å². The van der Waals surface area contributed by atoms with Gasteiger partial charge < -0.3 is 15.5 Å². The molecule has 0 amide bonds. The van der Waals surface area contributed by atoms with Gasteiger partial charge in [0.25, 0.3) is 0 Å². The molecule has 3 rings (SSSR count). The van der Waals surface area contributed by atoms with Gasteiger partial charge in [0.15, 0.2) is 5.96 Å². The summed E-state index contributed by atoms with van der Waals surface area (Å²) in [4.78, 5) is 13.5. The van der Waals surface area contributed by atoms with E-state index in [-0.39, 0.29) is 35.2 Å². The predicted molar refractivity (Wildman–Crippen MR) is 122 cm³/mol. The number of nitrogens with zero attached hydrogens (tertiary/aromatic N) is 4. The number of piperazine rings is 1. The Morgan fingerprint density at radius 3 is 2.37 bits per heavy atom. The molecule has 1 fully saturated rings. The molecule has 2 aromatic rings. The first-order valence-electron chi connectivity index (χ1n) is 8.83. The van der Waals surface area contributed by atoms with Gasteiger partial charge in [0.2, 0.25) is 0 Å². The van der Waals surface area contributed by atoms with Gasteiger partial charge in [-0.25, -0.2) is 14.4 Å². The van der Waals surface area contributed by atoms with E-state index in [1.54, 1.807) is 11.3 Å². The first-order valence-corrected chi connectivity index (χ1v) is 9.71. The van der Waals surface area contributed by atoms with E-state index >= 15 is 0 Å². The minimum Gasteiger partial charge on any atom is -0.370 e. The normalized spacial score (nSPS) is 15.6. The number of thiazole rings is 1. The van der Waals surface area contributed by atoms with Crippen molar-refractivity contribution in [2.45, 2.75) is 32.7 Å². The zero-order valence-corrected chi connectivity index (χ0v) is 19.1. The molecule has 5 nitrogen and oxygen atoms in total. The summed E-state index contributed by atoms with van der Waals surface area (Å²) in [5.41, 5.74) is 8.25. The number of anilines is 1. The standard InChI is InChI=1S/C19H26FN5S.HI/c1-19(2,3)17-23-15(13-26-17)12-22-18(21)25-10-8-24(9-11-25)16-6-4-14(20)5-7-16;/h4-7,13H,8-12H2,1-3H3,(H2,21,22);1H. The molecule has 2 N–H and O–H groups in total. The van der Waals surface area contributed by atoms with Crippen LogP contribution in [0.5, 0.6) is 0 Å². The zero-order valence-electron chi connectivity index (χ0n) is 16.0. The van der Waals surface area contributed by atoms with Gasteiger partial charge in [-0.15, -0.1) is 35.3 Å². The van der Waals surface area contributed by atoms with Gasteiger partial charge in [0.05, 0.1) is 17.2 Å². The number of guanidine groups is 1. The maximum absolute atomic E-state index is 13.0. The molecule has 1 aromatic heterocycles. The summed E-state index contributed by atoms with van der Waals surface area (Å²) in [5, 5.41) is 3.18. The molecule has 0 atom stereocenters. The van der Waals surface area contributed by atoms with Crippen LogP contribution in [0, 0.1) is 5.82 Å². The van der Waals surface area contributed by atoms with Gasteiger partial charge in [-0.2, -0.15) is 0 Å². The number of hydrogen-bond donors (Lipinski definition) is 1. The maximum atomic E-state index is 13.0. The van der Waals surface area contributed by atoms with Crippen molar-refractivity contribution in [3.8, 4) is 0 Å². The fraction of sp³-hybridized carbons (Fsp3) is 0.474. The third kappa shape index (κ3) is 5.78. The van der Waals surface area contributed by atoms with Gasteiger partial charge in [-0.3, -0.25) is 0 Å². The van der Waals surface area contributed by atoms with Crippen LogP contribution in [-0.2, 0) is 12.0 Å². The SMILES string of the molecule is CC(C)(C)c1nc(CN=C(N)N2CCN(c3ccc(F)cc3)CC2)cs1.I. The predicted octanol–water partition coefficient (Wildman–Crippen LogP) is 3.83. The summed E-state index contributed by atoms with van der Waals surface area (Å²) in [6, 6.07) is 6.63. The zero-order chi connectivity index (χ0) is 18.7. The minimum atomic E-state index is -0.208. The van der Waals surface area contributed by atoms with Crippen molar-refractivity contribution in [1.82, 2.24) is 9.88 Å². The Labute approximate surface area is 181 Å². The highest BCUT2D eigenvalue weighted by Gasteiger charge is 2.20. The quantitative estimate of drug-likeness (QED) is 0.393. The molecule has 0 unspecified atom stereocenters. The molecule has 0 aliphatic carbocycles. The highest BCUT2D eigenvalue weighted by atomic mass is 127. The van der Waals surface area contributed by atoms with E-state index in [0.717, 1.165) is 42.6 Å². The van der Waals surface area contributed by atoms with Gasteiger partial charge >= 0.3 is 0 Å². The Morgan fingerprint density at radius 2 is 1.81 bits per heavy atom. The first-order chi connectivity index (χ1) is 12.3. The molecule has 0 radical (unpaired) electrons. The van der Waals surface area contributed by atoms with Crippen molar-refractivity contribution >= 4 is 47.0 Å². The molecule has 2 heterocycles. The molecule has 148 valence electrons. The monoisotopic (exact) mass is 503 g/mol. The Hall–Kier alpha value is -1.42.